The Balaban J connectivity index is 2.63. The van der Waals surface area contributed by atoms with Crippen LogP contribution in [0.3, 0.4) is 0 Å². The minimum atomic E-state index is -0.354. The predicted molar refractivity (Wildman–Crippen MR) is 87.0 cm³/mol. The summed E-state index contributed by atoms with van der Waals surface area (Å²) in [5.74, 6) is -0.523. The summed E-state index contributed by atoms with van der Waals surface area (Å²) in [4.78, 5) is 23.3. The van der Waals surface area contributed by atoms with Gasteiger partial charge in [-0.15, -0.1) is 0 Å². The molecule has 1 aromatic rings. The van der Waals surface area contributed by atoms with Crippen LogP contribution in [0.5, 0.6) is 0 Å². The van der Waals surface area contributed by atoms with E-state index in [1.807, 2.05) is 32.9 Å². The van der Waals surface area contributed by atoms with E-state index < -0.39 is 0 Å². The lowest BCUT2D eigenvalue weighted by atomic mass is 10.0. The molecular formula is C16H23N3O3. The maximum atomic E-state index is 12.1. The van der Waals surface area contributed by atoms with Gasteiger partial charge in [0.2, 0.25) is 5.91 Å². The average molecular weight is 305 g/mol. The quantitative estimate of drug-likeness (QED) is 0.624. The maximum absolute atomic E-state index is 12.1. The monoisotopic (exact) mass is 305 g/mol. The van der Waals surface area contributed by atoms with Crippen molar-refractivity contribution in [2.45, 2.75) is 34.1 Å². The van der Waals surface area contributed by atoms with E-state index in [2.05, 4.69) is 20.6 Å². The van der Waals surface area contributed by atoms with Gasteiger partial charge in [-0.1, -0.05) is 17.7 Å². The van der Waals surface area contributed by atoms with Gasteiger partial charge in [0, 0.05) is 18.5 Å². The molecule has 2 N–H and O–H groups in total. The van der Waals surface area contributed by atoms with Gasteiger partial charge < -0.3 is 10.1 Å². The zero-order chi connectivity index (χ0) is 16.7. The van der Waals surface area contributed by atoms with E-state index in [0.29, 0.717) is 5.71 Å². The van der Waals surface area contributed by atoms with Crippen LogP contribution in [0.4, 0.5) is 5.69 Å². The first-order valence-electron chi connectivity index (χ1n) is 7.02. The minimum Gasteiger partial charge on any atom is -0.375 e. The summed E-state index contributed by atoms with van der Waals surface area (Å²) in [5.41, 5.74) is 6.87. The molecule has 6 heteroatoms. The molecule has 0 heterocycles. The molecule has 0 fully saturated rings. The highest BCUT2D eigenvalue weighted by molar-refractivity contribution is 6.06. The zero-order valence-electron chi connectivity index (χ0n) is 13.7. The number of anilines is 1. The maximum Gasteiger partial charge on any atom is 0.266 e. The molecule has 0 radical (unpaired) electrons. The van der Waals surface area contributed by atoms with Gasteiger partial charge in [-0.05, 0) is 38.8 Å². The molecule has 2 amide bonds. The molecule has 1 aromatic carbocycles. The number of benzene rings is 1. The third kappa shape index (κ3) is 5.65. The fraction of sp³-hybridized carbons (Fsp3) is 0.438. The van der Waals surface area contributed by atoms with E-state index in [1.54, 1.807) is 6.92 Å². The Morgan fingerprint density at radius 2 is 1.73 bits per heavy atom. The van der Waals surface area contributed by atoms with Crippen molar-refractivity contribution < 1.29 is 14.3 Å². The number of carbonyl (C=O) groups excluding carboxylic acids is 2. The number of ether oxygens (including phenoxy) is 1. The minimum absolute atomic E-state index is 0.0647. The second-order valence-electron chi connectivity index (χ2n) is 5.31. The SMILES string of the molecule is COCC(=O)NN=C(C)CC(=O)Nc1c(C)cc(C)cc1C. The molecule has 0 atom stereocenters. The van der Waals surface area contributed by atoms with Crippen molar-refractivity contribution in [2.24, 2.45) is 5.10 Å². The second-order valence-corrected chi connectivity index (χ2v) is 5.31. The number of rotatable bonds is 6. The van der Waals surface area contributed by atoms with E-state index in [0.717, 1.165) is 22.4 Å². The smallest absolute Gasteiger partial charge is 0.266 e. The molecule has 0 unspecified atom stereocenters. The van der Waals surface area contributed by atoms with Crippen LogP contribution in [0.1, 0.15) is 30.0 Å². The Kier molecular flexibility index (Phi) is 6.72. The van der Waals surface area contributed by atoms with Crippen LogP contribution in [0.15, 0.2) is 17.2 Å². The summed E-state index contributed by atoms with van der Waals surface area (Å²) >= 11 is 0. The lowest BCUT2D eigenvalue weighted by Gasteiger charge is -2.12. The van der Waals surface area contributed by atoms with Crippen LogP contribution in [0.25, 0.3) is 0 Å². The highest BCUT2D eigenvalue weighted by atomic mass is 16.5. The molecule has 0 aliphatic rings. The first-order valence-corrected chi connectivity index (χ1v) is 7.02. The van der Waals surface area contributed by atoms with Gasteiger partial charge in [-0.2, -0.15) is 5.10 Å². The Morgan fingerprint density at radius 3 is 2.27 bits per heavy atom. The molecular weight excluding hydrogens is 282 g/mol. The summed E-state index contributed by atoms with van der Waals surface area (Å²) in [6.45, 7) is 7.56. The van der Waals surface area contributed by atoms with Gasteiger partial charge in [0.25, 0.3) is 5.91 Å². The third-order valence-corrected chi connectivity index (χ3v) is 3.00. The summed E-state index contributed by atoms with van der Waals surface area (Å²) in [5, 5.41) is 6.75. The van der Waals surface area contributed by atoms with E-state index in [9.17, 15) is 9.59 Å². The van der Waals surface area contributed by atoms with E-state index in [4.69, 9.17) is 0 Å². The predicted octanol–water partition coefficient (Wildman–Crippen LogP) is 2.08. The lowest BCUT2D eigenvalue weighted by Crippen LogP contribution is -2.24. The molecule has 22 heavy (non-hydrogen) atoms. The summed E-state index contributed by atoms with van der Waals surface area (Å²) < 4.78 is 4.67. The summed E-state index contributed by atoms with van der Waals surface area (Å²) in [6.07, 6.45) is 0.111. The fourth-order valence-corrected chi connectivity index (χ4v) is 2.15. The number of amides is 2. The number of hydrazone groups is 1. The van der Waals surface area contributed by atoms with Crippen molar-refractivity contribution >= 4 is 23.2 Å². The standard InChI is InChI=1S/C16H23N3O3/c1-10-6-11(2)16(12(3)7-10)17-14(20)8-13(4)18-19-15(21)9-22-5/h6-7H,8-9H2,1-5H3,(H,17,20)(H,19,21). The number of nitrogens with zero attached hydrogens (tertiary/aromatic N) is 1. The van der Waals surface area contributed by atoms with E-state index in [-0.39, 0.29) is 24.8 Å². The van der Waals surface area contributed by atoms with Gasteiger partial charge in [-0.25, -0.2) is 5.43 Å². The highest BCUT2D eigenvalue weighted by Crippen LogP contribution is 2.21. The molecule has 0 saturated heterocycles. The molecule has 0 aromatic heterocycles. The Morgan fingerprint density at radius 1 is 1.14 bits per heavy atom. The van der Waals surface area contributed by atoms with Crippen molar-refractivity contribution in [1.82, 2.24) is 5.43 Å². The van der Waals surface area contributed by atoms with Crippen molar-refractivity contribution in [3.63, 3.8) is 0 Å². The third-order valence-electron chi connectivity index (χ3n) is 3.00. The van der Waals surface area contributed by atoms with Gasteiger partial charge in [0.1, 0.15) is 6.61 Å². The Hall–Kier alpha value is -2.21. The first-order chi connectivity index (χ1) is 10.3. The van der Waals surface area contributed by atoms with Crippen LogP contribution >= 0.6 is 0 Å². The molecule has 6 nitrogen and oxygen atoms in total. The zero-order valence-corrected chi connectivity index (χ0v) is 13.7. The topological polar surface area (TPSA) is 79.8 Å². The van der Waals surface area contributed by atoms with Crippen LogP contribution in [-0.2, 0) is 14.3 Å². The summed E-state index contributed by atoms with van der Waals surface area (Å²) in [6, 6.07) is 4.04. The highest BCUT2D eigenvalue weighted by Gasteiger charge is 2.09. The van der Waals surface area contributed by atoms with Crippen molar-refractivity contribution in [3.8, 4) is 0 Å². The largest absolute Gasteiger partial charge is 0.375 e. The molecule has 0 spiro atoms. The molecule has 0 aliphatic carbocycles. The van der Waals surface area contributed by atoms with E-state index >= 15 is 0 Å². The number of hydrogen-bond acceptors (Lipinski definition) is 4. The number of carbonyl (C=O) groups is 2. The molecule has 0 saturated carbocycles. The van der Waals surface area contributed by atoms with Gasteiger partial charge >= 0.3 is 0 Å². The Labute approximate surface area is 130 Å². The molecule has 0 bridgehead atoms. The normalized spacial score (nSPS) is 11.2. The van der Waals surface area contributed by atoms with Gasteiger partial charge in [0.05, 0.1) is 6.42 Å². The van der Waals surface area contributed by atoms with Gasteiger partial charge in [0.15, 0.2) is 0 Å². The average Bonchev–Trinajstić information content (AvgIpc) is 2.41. The van der Waals surface area contributed by atoms with Crippen LogP contribution in [0, 0.1) is 20.8 Å². The van der Waals surface area contributed by atoms with Crippen LogP contribution < -0.4 is 10.7 Å². The van der Waals surface area contributed by atoms with E-state index in [1.165, 1.54) is 7.11 Å². The number of methoxy groups -OCH3 is 1. The van der Waals surface area contributed by atoms with Gasteiger partial charge in [-0.3, -0.25) is 9.59 Å². The number of aryl methyl sites for hydroxylation is 3. The van der Waals surface area contributed by atoms with Crippen molar-refractivity contribution in [3.05, 3.63) is 28.8 Å². The van der Waals surface area contributed by atoms with Crippen LogP contribution in [-0.4, -0.2) is 31.2 Å². The number of hydrogen-bond donors (Lipinski definition) is 2. The first kappa shape index (κ1) is 17.8. The van der Waals surface area contributed by atoms with Crippen LogP contribution in [0.2, 0.25) is 0 Å². The van der Waals surface area contributed by atoms with Crippen molar-refractivity contribution in [2.75, 3.05) is 19.0 Å². The Bertz CT molecular complexity index is 571. The summed E-state index contributed by atoms with van der Waals surface area (Å²) in [7, 11) is 1.43. The second kappa shape index (κ2) is 8.29. The molecule has 120 valence electrons. The molecule has 1 rings (SSSR count). The number of nitrogens with one attached hydrogen (secondary N) is 2. The fourth-order valence-electron chi connectivity index (χ4n) is 2.15. The molecule has 0 aliphatic heterocycles. The lowest BCUT2D eigenvalue weighted by molar-refractivity contribution is -0.124. The van der Waals surface area contributed by atoms with Crippen molar-refractivity contribution in [1.29, 1.82) is 0 Å².